The second kappa shape index (κ2) is 5.06. The molecule has 1 aliphatic heterocycles. The lowest BCUT2D eigenvalue weighted by Gasteiger charge is -2.07. The van der Waals surface area contributed by atoms with Gasteiger partial charge in [0.05, 0.1) is 11.9 Å². The number of hydrogen-bond acceptors (Lipinski definition) is 6. The molecule has 1 unspecified atom stereocenters. The highest BCUT2D eigenvalue weighted by Crippen LogP contribution is 2.23. The minimum absolute atomic E-state index is 0.0139. The number of fused-ring (bicyclic) bond motifs is 1. The number of ether oxygens (including phenoxy) is 1. The van der Waals surface area contributed by atoms with E-state index in [4.69, 9.17) is 14.9 Å². The summed E-state index contributed by atoms with van der Waals surface area (Å²) in [6, 6.07) is 4.87. The highest BCUT2D eigenvalue weighted by molar-refractivity contribution is 7.91. The molecule has 0 aliphatic carbocycles. The molecular formula is C13H16N2O4S. The number of oxazole rings is 1. The van der Waals surface area contributed by atoms with Crippen molar-refractivity contribution in [3.63, 3.8) is 0 Å². The molecule has 0 amide bonds. The van der Waals surface area contributed by atoms with Gasteiger partial charge in [-0.25, -0.2) is 8.42 Å². The fourth-order valence-electron chi connectivity index (χ4n) is 2.30. The van der Waals surface area contributed by atoms with E-state index in [0.717, 1.165) is 12.8 Å². The molecule has 7 heteroatoms. The van der Waals surface area contributed by atoms with Crippen LogP contribution >= 0.6 is 0 Å². The monoisotopic (exact) mass is 296 g/mol. The molecule has 3 rings (SSSR count). The Bertz CT molecular complexity index is 717. The molecule has 0 spiro atoms. The first-order valence-corrected chi connectivity index (χ1v) is 8.20. The zero-order chi connectivity index (χ0) is 14.2. The topological polar surface area (TPSA) is 95.4 Å². The van der Waals surface area contributed by atoms with Crippen molar-refractivity contribution in [2.75, 3.05) is 18.1 Å². The number of aromatic nitrogens is 1. The van der Waals surface area contributed by atoms with Crippen LogP contribution < -0.4 is 5.73 Å². The number of nitrogens with zero attached hydrogens (tertiary/aromatic N) is 1. The highest BCUT2D eigenvalue weighted by Gasteiger charge is 2.25. The van der Waals surface area contributed by atoms with Gasteiger partial charge in [-0.2, -0.15) is 4.98 Å². The van der Waals surface area contributed by atoms with E-state index in [2.05, 4.69) is 4.98 Å². The summed E-state index contributed by atoms with van der Waals surface area (Å²) in [5.41, 5.74) is 7.04. The van der Waals surface area contributed by atoms with Crippen LogP contribution in [0.5, 0.6) is 0 Å². The van der Waals surface area contributed by atoms with Crippen molar-refractivity contribution in [3.05, 3.63) is 18.2 Å². The van der Waals surface area contributed by atoms with E-state index in [1.807, 2.05) is 0 Å². The van der Waals surface area contributed by atoms with E-state index in [9.17, 15) is 8.42 Å². The van der Waals surface area contributed by atoms with Crippen molar-refractivity contribution in [2.45, 2.75) is 30.6 Å². The molecule has 1 fully saturated rings. The number of rotatable bonds is 4. The maximum atomic E-state index is 12.2. The van der Waals surface area contributed by atoms with Gasteiger partial charge in [0, 0.05) is 12.3 Å². The summed E-state index contributed by atoms with van der Waals surface area (Å²) in [7, 11) is -3.52. The summed E-state index contributed by atoms with van der Waals surface area (Å²) in [5.74, 6) is -0.0139. The quantitative estimate of drug-likeness (QED) is 0.864. The van der Waals surface area contributed by atoms with E-state index in [1.54, 1.807) is 18.2 Å². The first kappa shape index (κ1) is 13.4. The Balaban J connectivity index is 1.81. The van der Waals surface area contributed by atoms with Gasteiger partial charge in [0.1, 0.15) is 5.52 Å². The number of sulfone groups is 1. The van der Waals surface area contributed by atoms with Crippen LogP contribution in [0.3, 0.4) is 0 Å². The summed E-state index contributed by atoms with van der Waals surface area (Å²) < 4.78 is 35.1. The Morgan fingerprint density at radius 1 is 1.40 bits per heavy atom. The fourth-order valence-corrected chi connectivity index (χ4v) is 3.50. The zero-order valence-electron chi connectivity index (χ0n) is 10.9. The lowest BCUT2D eigenvalue weighted by atomic mass is 10.2. The number of nitrogens with two attached hydrogens (primary N) is 1. The van der Waals surface area contributed by atoms with Gasteiger partial charge in [-0.05, 0) is 37.5 Å². The molecule has 2 aromatic rings. The van der Waals surface area contributed by atoms with E-state index in [-0.39, 0.29) is 17.1 Å². The number of benzene rings is 1. The van der Waals surface area contributed by atoms with Crippen LogP contribution in [0.1, 0.15) is 19.3 Å². The summed E-state index contributed by atoms with van der Waals surface area (Å²) in [6.45, 7) is 0.715. The summed E-state index contributed by atoms with van der Waals surface area (Å²) in [4.78, 5) is 4.02. The number of hydrogen-bond donors (Lipinski definition) is 1. The normalized spacial score (nSPS) is 19.7. The van der Waals surface area contributed by atoms with Crippen molar-refractivity contribution in [1.29, 1.82) is 0 Å². The average Bonchev–Trinajstić information content (AvgIpc) is 3.05. The van der Waals surface area contributed by atoms with Crippen molar-refractivity contribution in [2.24, 2.45) is 0 Å². The van der Waals surface area contributed by atoms with Crippen LogP contribution in [0.25, 0.3) is 11.1 Å². The highest BCUT2D eigenvalue weighted by atomic mass is 32.2. The largest absolute Gasteiger partial charge is 0.428 e. The van der Waals surface area contributed by atoms with Gasteiger partial charge in [0.25, 0.3) is 0 Å². The van der Waals surface area contributed by atoms with Crippen molar-refractivity contribution in [1.82, 2.24) is 4.98 Å². The van der Waals surface area contributed by atoms with Gasteiger partial charge < -0.3 is 14.9 Å². The SMILES string of the molecule is Nc1ccc2oc(S(=O)(=O)CCC3CCCO3)nc2c1. The lowest BCUT2D eigenvalue weighted by Crippen LogP contribution is -2.14. The van der Waals surface area contributed by atoms with Crippen molar-refractivity contribution in [3.8, 4) is 0 Å². The van der Waals surface area contributed by atoms with Gasteiger partial charge in [0.15, 0.2) is 5.58 Å². The predicted molar refractivity (Wildman–Crippen MR) is 74.1 cm³/mol. The Hall–Kier alpha value is -1.60. The van der Waals surface area contributed by atoms with Gasteiger partial charge in [0.2, 0.25) is 9.84 Å². The molecule has 2 N–H and O–H groups in total. The molecule has 0 saturated carbocycles. The van der Waals surface area contributed by atoms with Crippen molar-refractivity contribution < 1.29 is 17.6 Å². The third-order valence-electron chi connectivity index (χ3n) is 3.39. The standard InChI is InChI=1S/C13H16N2O4S/c14-9-3-4-12-11(8-9)15-13(19-12)20(16,17)7-5-10-2-1-6-18-10/h3-4,8,10H,1-2,5-7,14H2. The predicted octanol–water partition coefficient (Wildman–Crippen LogP) is 1.75. The number of anilines is 1. The van der Waals surface area contributed by atoms with Gasteiger partial charge in [-0.1, -0.05) is 0 Å². The molecule has 1 aromatic carbocycles. The third kappa shape index (κ3) is 2.64. The molecule has 1 saturated heterocycles. The second-order valence-electron chi connectivity index (χ2n) is 4.95. The van der Waals surface area contributed by atoms with Crippen LogP contribution in [-0.4, -0.2) is 31.9 Å². The molecule has 1 atom stereocenters. The first-order valence-electron chi connectivity index (χ1n) is 6.55. The Labute approximate surface area is 116 Å². The minimum atomic E-state index is -3.52. The Morgan fingerprint density at radius 3 is 3.00 bits per heavy atom. The molecule has 20 heavy (non-hydrogen) atoms. The maximum Gasteiger partial charge on any atom is 0.316 e. The lowest BCUT2D eigenvalue weighted by molar-refractivity contribution is 0.108. The third-order valence-corrected chi connectivity index (χ3v) is 4.87. The van der Waals surface area contributed by atoms with Crippen LogP contribution in [0.2, 0.25) is 0 Å². The second-order valence-corrected chi connectivity index (χ2v) is 6.94. The minimum Gasteiger partial charge on any atom is -0.428 e. The molecule has 0 bridgehead atoms. The van der Waals surface area contributed by atoms with Crippen LogP contribution in [0.15, 0.2) is 27.8 Å². The molecule has 2 heterocycles. The Kier molecular flexibility index (Phi) is 3.39. The molecule has 1 aliphatic rings. The van der Waals surface area contributed by atoms with E-state index < -0.39 is 9.84 Å². The molecular weight excluding hydrogens is 280 g/mol. The smallest absolute Gasteiger partial charge is 0.316 e. The van der Waals surface area contributed by atoms with E-state index >= 15 is 0 Å². The average molecular weight is 296 g/mol. The van der Waals surface area contributed by atoms with Crippen molar-refractivity contribution >= 4 is 26.6 Å². The van der Waals surface area contributed by atoms with E-state index in [0.29, 0.717) is 29.8 Å². The summed E-state index contributed by atoms with van der Waals surface area (Å²) in [6.07, 6.45) is 2.42. The van der Waals surface area contributed by atoms with Gasteiger partial charge in [-0.15, -0.1) is 0 Å². The number of nitrogen functional groups attached to an aromatic ring is 1. The van der Waals surface area contributed by atoms with Gasteiger partial charge >= 0.3 is 5.22 Å². The molecule has 0 radical (unpaired) electrons. The molecule has 1 aromatic heterocycles. The van der Waals surface area contributed by atoms with Gasteiger partial charge in [-0.3, -0.25) is 0 Å². The molecule has 6 nitrogen and oxygen atoms in total. The van der Waals surface area contributed by atoms with E-state index in [1.165, 1.54) is 0 Å². The molecule has 108 valence electrons. The van der Waals surface area contributed by atoms with Crippen LogP contribution in [0, 0.1) is 0 Å². The first-order chi connectivity index (χ1) is 9.54. The van der Waals surface area contributed by atoms with Crippen LogP contribution in [-0.2, 0) is 14.6 Å². The maximum absolute atomic E-state index is 12.2. The zero-order valence-corrected chi connectivity index (χ0v) is 11.7. The van der Waals surface area contributed by atoms with Crippen LogP contribution in [0.4, 0.5) is 5.69 Å². The fraction of sp³-hybridized carbons (Fsp3) is 0.462. The Morgan fingerprint density at radius 2 is 2.25 bits per heavy atom. The summed E-state index contributed by atoms with van der Waals surface area (Å²) >= 11 is 0. The summed E-state index contributed by atoms with van der Waals surface area (Å²) in [5, 5.41) is -0.240.